The van der Waals surface area contributed by atoms with Gasteiger partial charge in [0.1, 0.15) is 0 Å². The van der Waals surface area contributed by atoms with Gasteiger partial charge in [-0.05, 0) is 11.1 Å². The monoisotopic (exact) mass is 196 g/mol. The number of carbonyl (C=O) groups excluding carboxylic acids is 1. The fourth-order valence-corrected chi connectivity index (χ4v) is 1.21. The Labute approximate surface area is 83.3 Å². The summed E-state index contributed by atoms with van der Waals surface area (Å²) in [5, 5.41) is 0. The zero-order valence-corrected chi connectivity index (χ0v) is 8.38. The third-order valence-corrected chi connectivity index (χ3v) is 2.15. The molecule has 0 saturated carbocycles. The molecule has 1 rings (SSSR count). The summed E-state index contributed by atoms with van der Waals surface area (Å²) in [4.78, 5) is 10.9. The highest BCUT2D eigenvalue weighted by atomic mass is 32.1. The van der Waals surface area contributed by atoms with Crippen LogP contribution in [0, 0.1) is 0 Å². The molecule has 0 heterocycles. The predicted molar refractivity (Wildman–Crippen MR) is 54.9 cm³/mol. The van der Waals surface area contributed by atoms with E-state index in [0.29, 0.717) is 6.42 Å². The summed E-state index contributed by atoms with van der Waals surface area (Å²) in [6.07, 6.45) is 0.337. The molecule has 0 radical (unpaired) electrons. The van der Waals surface area contributed by atoms with Crippen molar-refractivity contribution >= 4 is 18.6 Å². The molecular weight excluding hydrogens is 184 g/mol. The number of benzene rings is 1. The van der Waals surface area contributed by atoms with E-state index in [4.69, 9.17) is 0 Å². The summed E-state index contributed by atoms with van der Waals surface area (Å²) < 4.78 is 4.56. The second-order valence-corrected chi connectivity index (χ2v) is 3.04. The van der Waals surface area contributed by atoms with Crippen LogP contribution in [0.25, 0.3) is 0 Å². The highest BCUT2D eigenvalue weighted by Gasteiger charge is 2.01. The van der Waals surface area contributed by atoms with E-state index in [1.807, 2.05) is 24.3 Å². The van der Waals surface area contributed by atoms with Gasteiger partial charge in [0.05, 0.1) is 13.5 Å². The molecule has 0 unspecified atom stereocenters. The lowest BCUT2D eigenvalue weighted by Crippen LogP contribution is -2.04. The molecule has 0 saturated heterocycles. The van der Waals surface area contributed by atoms with Crippen molar-refractivity contribution in [2.45, 2.75) is 12.2 Å². The molecule has 0 aliphatic carbocycles. The van der Waals surface area contributed by atoms with Crippen LogP contribution in [-0.4, -0.2) is 13.1 Å². The van der Waals surface area contributed by atoms with Crippen LogP contribution in [0.15, 0.2) is 24.3 Å². The molecule has 1 aromatic rings. The molecule has 0 spiro atoms. The van der Waals surface area contributed by atoms with Gasteiger partial charge in [0.2, 0.25) is 0 Å². The van der Waals surface area contributed by atoms with Gasteiger partial charge in [-0.1, -0.05) is 24.3 Å². The number of esters is 1. The summed E-state index contributed by atoms with van der Waals surface area (Å²) in [6.45, 7) is 0. The van der Waals surface area contributed by atoms with Crippen molar-refractivity contribution in [2.24, 2.45) is 0 Å². The van der Waals surface area contributed by atoms with Gasteiger partial charge in [-0.25, -0.2) is 0 Å². The lowest BCUT2D eigenvalue weighted by Gasteiger charge is -2.00. The van der Waals surface area contributed by atoms with Crippen molar-refractivity contribution in [3.8, 4) is 0 Å². The van der Waals surface area contributed by atoms with E-state index < -0.39 is 0 Å². The minimum absolute atomic E-state index is 0.210. The van der Waals surface area contributed by atoms with Crippen molar-refractivity contribution in [1.82, 2.24) is 0 Å². The molecule has 0 fully saturated rings. The fraction of sp³-hybridized carbons (Fsp3) is 0.300. The SMILES string of the molecule is COC(=O)Cc1ccc(CS)cc1. The summed E-state index contributed by atoms with van der Waals surface area (Å²) >= 11 is 4.14. The minimum Gasteiger partial charge on any atom is -0.469 e. The standard InChI is InChI=1S/C10H12O2S/c1-12-10(11)6-8-2-4-9(7-13)5-3-8/h2-5,13H,6-7H2,1H3. The molecule has 0 atom stereocenters. The second kappa shape index (κ2) is 4.92. The Morgan fingerprint density at radius 2 is 1.85 bits per heavy atom. The molecular formula is C10H12O2S. The Hall–Kier alpha value is -0.960. The number of rotatable bonds is 3. The van der Waals surface area contributed by atoms with Crippen molar-refractivity contribution < 1.29 is 9.53 Å². The highest BCUT2D eigenvalue weighted by molar-refractivity contribution is 7.79. The van der Waals surface area contributed by atoms with Crippen LogP contribution < -0.4 is 0 Å². The first-order chi connectivity index (χ1) is 6.26. The average Bonchev–Trinajstić information content (AvgIpc) is 2.19. The zero-order valence-electron chi connectivity index (χ0n) is 7.49. The summed E-state index contributed by atoms with van der Waals surface area (Å²) in [6, 6.07) is 7.77. The Morgan fingerprint density at radius 3 is 2.31 bits per heavy atom. The lowest BCUT2D eigenvalue weighted by molar-refractivity contribution is -0.139. The number of hydrogen-bond donors (Lipinski definition) is 1. The largest absolute Gasteiger partial charge is 0.469 e. The van der Waals surface area contributed by atoms with Crippen LogP contribution in [0.3, 0.4) is 0 Å². The maximum atomic E-state index is 10.9. The van der Waals surface area contributed by atoms with Crippen LogP contribution >= 0.6 is 12.6 Å². The second-order valence-electron chi connectivity index (χ2n) is 2.73. The van der Waals surface area contributed by atoms with E-state index >= 15 is 0 Å². The van der Waals surface area contributed by atoms with Gasteiger partial charge >= 0.3 is 5.97 Å². The van der Waals surface area contributed by atoms with Gasteiger partial charge in [0.25, 0.3) is 0 Å². The minimum atomic E-state index is -0.210. The van der Waals surface area contributed by atoms with Crippen molar-refractivity contribution in [2.75, 3.05) is 7.11 Å². The van der Waals surface area contributed by atoms with Gasteiger partial charge in [-0.15, -0.1) is 0 Å². The van der Waals surface area contributed by atoms with E-state index in [1.165, 1.54) is 7.11 Å². The smallest absolute Gasteiger partial charge is 0.309 e. The van der Waals surface area contributed by atoms with E-state index in [-0.39, 0.29) is 5.97 Å². The van der Waals surface area contributed by atoms with E-state index in [9.17, 15) is 4.79 Å². The first-order valence-corrected chi connectivity index (χ1v) is 4.65. The Kier molecular flexibility index (Phi) is 3.83. The molecule has 2 nitrogen and oxygen atoms in total. The van der Waals surface area contributed by atoms with Crippen LogP contribution in [0.5, 0.6) is 0 Å². The number of thiol groups is 1. The van der Waals surface area contributed by atoms with E-state index in [0.717, 1.165) is 16.9 Å². The van der Waals surface area contributed by atoms with Crippen molar-refractivity contribution in [1.29, 1.82) is 0 Å². The number of methoxy groups -OCH3 is 1. The number of ether oxygens (including phenoxy) is 1. The third kappa shape index (κ3) is 3.11. The van der Waals surface area contributed by atoms with Crippen LogP contribution in [0.1, 0.15) is 11.1 Å². The molecule has 3 heteroatoms. The normalized spacial score (nSPS) is 9.69. The fourth-order valence-electron chi connectivity index (χ4n) is 1.00. The Balaban J connectivity index is 2.64. The molecule has 0 amide bonds. The molecule has 0 aliphatic rings. The van der Waals surface area contributed by atoms with Crippen molar-refractivity contribution in [3.63, 3.8) is 0 Å². The molecule has 13 heavy (non-hydrogen) atoms. The molecule has 1 aromatic carbocycles. The van der Waals surface area contributed by atoms with Crippen LogP contribution in [0.4, 0.5) is 0 Å². The average molecular weight is 196 g/mol. The lowest BCUT2D eigenvalue weighted by atomic mass is 10.1. The third-order valence-electron chi connectivity index (χ3n) is 1.78. The van der Waals surface area contributed by atoms with Crippen LogP contribution in [0.2, 0.25) is 0 Å². The Morgan fingerprint density at radius 1 is 1.31 bits per heavy atom. The van der Waals surface area contributed by atoms with Crippen molar-refractivity contribution in [3.05, 3.63) is 35.4 Å². The maximum absolute atomic E-state index is 10.9. The number of carbonyl (C=O) groups is 1. The van der Waals surface area contributed by atoms with E-state index in [1.54, 1.807) is 0 Å². The summed E-state index contributed by atoms with van der Waals surface area (Å²) in [7, 11) is 1.39. The van der Waals surface area contributed by atoms with Gasteiger partial charge < -0.3 is 4.74 Å². The predicted octanol–water partition coefficient (Wildman–Crippen LogP) is 1.83. The first-order valence-electron chi connectivity index (χ1n) is 4.01. The van der Waals surface area contributed by atoms with Gasteiger partial charge in [-0.3, -0.25) is 4.79 Å². The highest BCUT2D eigenvalue weighted by Crippen LogP contribution is 2.07. The molecule has 0 bridgehead atoms. The van der Waals surface area contributed by atoms with E-state index in [2.05, 4.69) is 17.4 Å². The first kappa shape index (κ1) is 10.1. The molecule has 70 valence electrons. The number of hydrogen-bond acceptors (Lipinski definition) is 3. The topological polar surface area (TPSA) is 26.3 Å². The van der Waals surface area contributed by atoms with Gasteiger partial charge in [-0.2, -0.15) is 12.6 Å². The van der Waals surface area contributed by atoms with Crippen LogP contribution in [-0.2, 0) is 21.7 Å². The Bertz CT molecular complexity index is 279. The molecule has 0 aromatic heterocycles. The molecule has 0 N–H and O–H groups in total. The summed E-state index contributed by atoms with van der Waals surface area (Å²) in [5.74, 6) is 0.511. The van der Waals surface area contributed by atoms with Gasteiger partial charge in [0.15, 0.2) is 0 Å². The summed E-state index contributed by atoms with van der Waals surface area (Å²) in [5.41, 5.74) is 2.12. The zero-order chi connectivity index (χ0) is 9.68. The quantitative estimate of drug-likeness (QED) is 0.589. The molecule has 0 aliphatic heterocycles. The maximum Gasteiger partial charge on any atom is 0.309 e. The van der Waals surface area contributed by atoms with Gasteiger partial charge in [0, 0.05) is 5.75 Å².